The molecule has 126 valence electrons. The molecule has 1 unspecified atom stereocenters. The molecule has 0 bridgehead atoms. The standard InChI is InChI=1S/C19H16F2N4/c1-3-19(2)10-12-11(6-4-7-13(12)20)16(23-19)18-22-15-9-5-8-14(21)17(15)24-25-18/h4-9H,3,10H2,1-2H3. The maximum atomic E-state index is 14.4. The lowest BCUT2D eigenvalue weighted by Gasteiger charge is -2.31. The average Bonchev–Trinajstić information content (AvgIpc) is 2.62. The summed E-state index contributed by atoms with van der Waals surface area (Å²) in [5.74, 6) is -0.451. The largest absolute Gasteiger partial charge is 0.274 e. The van der Waals surface area contributed by atoms with Crippen molar-refractivity contribution in [3.8, 4) is 0 Å². The van der Waals surface area contributed by atoms with Crippen molar-refractivity contribution in [2.24, 2.45) is 4.99 Å². The molecule has 2 heterocycles. The molecular weight excluding hydrogens is 322 g/mol. The molecule has 4 rings (SSSR count). The second kappa shape index (κ2) is 5.65. The van der Waals surface area contributed by atoms with Gasteiger partial charge in [0, 0.05) is 12.0 Å². The summed E-state index contributed by atoms with van der Waals surface area (Å²) < 4.78 is 28.2. The molecule has 0 aliphatic carbocycles. The molecule has 6 heteroatoms. The molecule has 25 heavy (non-hydrogen) atoms. The normalized spacial score (nSPS) is 19.6. The van der Waals surface area contributed by atoms with Gasteiger partial charge in [-0.1, -0.05) is 25.1 Å². The number of hydrogen-bond acceptors (Lipinski definition) is 4. The molecule has 0 saturated carbocycles. The van der Waals surface area contributed by atoms with Gasteiger partial charge in [-0.2, -0.15) is 0 Å². The molecule has 1 atom stereocenters. The van der Waals surface area contributed by atoms with Crippen molar-refractivity contribution in [2.45, 2.75) is 32.2 Å². The fourth-order valence-corrected chi connectivity index (χ4v) is 3.11. The zero-order valence-corrected chi connectivity index (χ0v) is 13.9. The van der Waals surface area contributed by atoms with Gasteiger partial charge < -0.3 is 0 Å². The number of halogens is 2. The van der Waals surface area contributed by atoms with E-state index in [9.17, 15) is 8.78 Å². The first kappa shape index (κ1) is 15.7. The van der Waals surface area contributed by atoms with Gasteiger partial charge in [0.25, 0.3) is 0 Å². The molecule has 4 nitrogen and oxygen atoms in total. The lowest BCUT2D eigenvalue weighted by Crippen LogP contribution is -2.33. The van der Waals surface area contributed by atoms with Gasteiger partial charge in [-0.25, -0.2) is 13.8 Å². The van der Waals surface area contributed by atoms with E-state index < -0.39 is 11.4 Å². The van der Waals surface area contributed by atoms with Crippen LogP contribution < -0.4 is 0 Å². The summed E-state index contributed by atoms with van der Waals surface area (Å²) in [6.07, 6.45) is 1.27. The van der Waals surface area contributed by atoms with Crippen molar-refractivity contribution in [2.75, 3.05) is 0 Å². The van der Waals surface area contributed by atoms with Crippen LogP contribution in [0.5, 0.6) is 0 Å². The second-order valence-electron chi connectivity index (χ2n) is 6.50. The van der Waals surface area contributed by atoms with E-state index in [1.54, 1.807) is 18.2 Å². The van der Waals surface area contributed by atoms with Crippen LogP contribution in [0.4, 0.5) is 8.78 Å². The molecule has 1 aliphatic rings. The van der Waals surface area contributed by atoms with Crippen LogP contribution in [0, 0.1) is 11.6 Å². The molecule has 0 saturated heterocycles. The van der Waals surface area contributed by atoms with Gasteiger partial charge in [0.1, 0.15) is 17.0 Å². The maximum absolute atomic E-state index is 14.4. The van der Waals surface area contributed by atoms with Gasteiger partial charge in [0.2, 0.25) is 5.82 Å². The second-order valence-corrected chi connectivity index (χ2v) is 6.50. The first-order chi connectivity index (χ1) is 12.0. The van der Waals surface area contributed by atoms with Crippen molar-refractivity contribution in [3.05, 3.63) is 65.0 Å². The Morgan fingerprint density at radius 2 is 1.80 bits per heavy atom. The van der Waals surface area contributed by atoms with Gasteiger partial charge in [0.15, 0.2) is 5.82 Å². The van der Waals surface area contributed by atoms with E-state index in [2.05, 4.69) is 15.2 Å². The zero-order chi connectivity index (χ0) is 17.6. The number of hydrogen-bond donors (Lipinski definition) is 0. The van der Waals surface area contributed by atoms with Gasteiger partial charge in [-0.15, -0.1) is 10.2 Å². The summed E-state index contributed by atoms with van der Waals surface area (Å²) in [6, 6.07) is 9.47. The minimum Gasteiger partial charge on any atom is -0.274 e. The molecule has 0 N–H and O–H groups in total. The van der Waals surface area contributed by atoms with Crippen molar-refractivity contribution in [1.82, 2.24) is 15.2 Å². The Morgan fingerprint density at radius 1 is 1.04 bits per heavy atom. The Balaban J connectivity index is 1.95. The fourth-order valence-electron chi connectivity index (χ4n) is 3.11. The summed E-state index contributed by atoms with van der Waals surface area (Å²) in [5, 5.41) is 8.03. The summed E-state index contributed by atoms with van der Waals surface area (Å²) in [6.45, 7) is 4.00. The summed E-state index contributed by atoms with van der Waals surface area (Å²) in [7, 11) is 0. The van der Waals surface area contributed by atoms with Crippen molar-refractivity contribution in [3.63, 3.8) is 0 Å². The van der Waals surface area contributed by atoms with E-state index in [-0.39, 0.29) is 17.2 Å². The van der Waals surface area contributed by atoms with Crippen LogP contribution in [0.15, 0.2) is 41.4 Å². The van der Waals surface area contributed by atoms with Gasteiger partial charge in [0.05, 0.1) is 11.1 Å². The highest BCUT2D eigenvalue weighted by Crippen LogP contribution is 2.32. The minimum atomic E-state index is -0.473. The maximum Gasteiger partial charge on any atom is 0.201 e. The Hall–Kier alpha value is -2.76. The fraction of sp³-hybridized carbons (Fsp3) is 0.263. The molecule has 1 aliphatic heterocycles. The number of aliphatic imine (C=N–C) groups is 1. The van der Waals surface area contributed by atoms with Gasteiger partial charge in [-0.3, -0.25) is 4.99 Å². The highest BCUT2D eigenvalue weighted by Gasteiger charge is 2.33. The lowest BCUT2D eigenvalue weighted by atomic mass is 9.83. The Morgan fingerprint density at radius 3 is 2.60 bits per heavy atom. The number of nitrogens with zero attached hydrogens (tertiary/aromatic N) is 4. The summed E-state index contributed by atoms with van der Waals surface area (Å²) in [4.78, 5) is 9.23. The average molecular weight is 338 g/mol. The van der Waals surface area contributed by atoms with Crippen molar-refractivity contribution in [1.29, 1.82) is 0 Å². The van der Waals surface area contributed by atoms with E-state index >= 15 is 0 Å². The van der Waals surface area contributed by atoms with Crippen LogP contribution in [-0.4, -0.2) is 26.4 Å². The third-order valence-electron chi connectivity index (χ3n) is 4.72. The molecule has 0 spiro atoms. The van der Waals surface area contributed by atoms with Crippen LogP contribution in [0.3, 0.4) is 0 Å². The molecule has 1 aromatic heterocycles. The highest BCUT2D eigenvalue weighted by atomic mass is 19.1. The Bertz CT molecular complexity index is 1020. The quantitative estimate of drug-likeness (QED) is 0.713. The molecular formula is C19H16F2N4. The predicted octanol–water partition coefficient (Wildman–Crippen LogP) is 3.87. The smallest absolute Gasteiger partial charge is 0.201 e. The molecule has 0 radical (unpaired) electrons. The molecule has 3 aromatic rings. The Kier molecular flexibility index (Phi) is 3.56. The van der Waals surface area contributed by atoms with Crippen LogP contribution >= 0.6 is 0 Å². The monoisotopic (exact) mass is 338 g/mol. The van der Waals surface area contributed by atoms with Crippen LogP contribution in [0.2, 0.25) is 0 Å². The van der Waals surface area contributed by atoms with E-state index in [1.807, 2.05) is 19.9 Å². The molecule has 2 aromatic carbocycles. The third-order valence-corrected chi connectivity index (χ3v) is 4.72. The molecule has 0 fully saturated rings. The van der Waals surface area contributed by atoms with Gasteiger partial charge >= 0.3 is 0 Å². The minimum absolute atomic E-state index is 0.111. The van der Waals surface area contributed by atoms with Crippen molar-refractivity contribution >= 4 is 16.7 Å². The van der Waals surface area contributed by atoms with E-state index in [0.29, 0.717) is 28.8 Å². The van der Waals surface area contributed by atoms with Crippen LogP contribution in [0.25, 0.3) is 11.0 Å². The zero-order valence-electron chi connectivity index (χ0n) is 13.9. The topological polar surface area (TPSA) is 51.0 Å². The number of benzene rings is 2. The number of aromatic nitrogens is 3. The van der Waals surface area contributed by atoms with Crippen molar-refractivity contribution < 1.29 is 8.78 Å². The number of fused-ring (bicyclic) bond motifs is 2. The Labute approximate surface area is 143 Å². The van der Waals surface area contributed by atoms with E-state index in [0.717, 1.165) is 6.42 Å². The van der Waals surface area contributed by atoms with Gasteiger partial charge in [-0.05, 0) is 37.1 Å². The summed E-state index contributed by atoms with van der Waals surface area (Å²) >= 11 is 0. The third kappa shape index (κ3) is 2.58. The van der Waals surface area contributed by atoms with Crippen LogP contribution in [0.1, 0.15) is 37.2 Å². The first-order valence-electron chi connectivity index (χ1n) is 8.18. The first-order valence-corrected chi connectivity index (χ1v) is 8.18. The highest BCUT2D eigenvalue weighted by molar-refractivity contribution is 6.12. The predicted molar refractivity (Wildman–Crippen MR) is 91.7 cm³/mol. The van der Waals surface area contributed by atoms with E-state index in [1.165, 1.54) is 12.1 Å². The number of rotatable bonds is 2. The van der Waals surface area contributed by atoms with Crippen LogP contribution in [-0.2, 0) is 6.42 Å². The SMILES string of the molecule is CCC1(C)Cc2c(F)cccc2C(c2nnc3c(F)cccc3n2)=N1. The van der Waals surface area contributed by atoms with E-state index in [4.69, 9.17) is 4.99 Å². The lowest BCUT2D eigenvalue weighted by molar-refractivity contribution is 0.436. The molecule has 0 amide bonds. The summed E-state index contributed by atoms with van der Waals surface area (Å²) in [5.41, 5.74) is 1.85.